The van der Waals surface area contributed by atoms with Crippen molar-refractivity contribution in [3.8, 4) is 0 Å². The molecule has 3 saturated carbocycles. The Labute approximate surface area is 244 Å². The first-order valence-electron chi connectivity index (χ1n) is 15.2. The third-order valence-electron chi connectivity index (χ3n) is 9.57. The fourth-order valence-electron chi connectivity index (χ4n) is 7.28. The van der Waals surface area contributed by atoms with E-state index in [9.17, 15) is 19.2 Å². The van der Waals surface area contributed by atoms with Gasteiger partial charge in [0.15, 0.2) is 0 Å². The Bertz CT molecular complexity index is 1040. The van der Waals surface area contributed by atoms with Gasteiger partial charge in [-0.1, -0.05) is 43.7 Å². The van der Waals surface area contributed by atoms with Crippen LogP contribution in [-0.4, -0.2) is 55.1 Å². The van der Waals surface area contributed by atoms with Crippen molar-refractivity contribution in [2.45, 2.75) is 58.3 Å². The maximum absolute atomic E-state index is 13.1. The molecule has 1 saturated heterocycles. The third kappa shape index (κ3) is 7.57. The second kappa shape index (κ2) is 14.1. The van der Waals surface area contributed by atoms with Crippen LogP contribution in [0.4, 0.5) is 4.79 Å². The van der Waals surface area contributed by atoms with Gasteiger partial charge in [-0.25, -0.2) is 9.59 Å². The van der Waals surface area contributed by atoms with Crippen molar-refractivity contribution >= 4 is 23.9 Å². The lowest BCUT2D eigenvalue weighted by molar-refractivity contribution is -0.141. The summed E-state index contributed by atoms with van der Waals surface area (Å²) in [5.74, 6) is 1.11. The molecule has 4 rings (SSSR count). The Morgan fingerprint density at radius 3 is 2.20 bits per heavy atom. The van der Waals surface area contributed by atoms with Crippen LogP contribution in [0.1, 0.15) is 58.3 Å². The average molecular weight is 567 g/mol. The summed E-state index contributed by atoms with van der Waals surface area (Å²) in [6, 6.07) is 0. The van der Waals surface area contributed by atoms with Crippen molar-refractivity contribution in [2.75, 3.05) is 26.3 Å². The first-order valence-corrected chi connectivity index (χ1v) is 15.2. The van der Waals surface area contributed by atoms with Crippen LogP contribution in [0, 0.1) is 47.3 Å². The van der Waals surface area contributed by atoms with Crippen molar-refractivity contribution < 1.29 is 28.7 Å². The van der Waals surface area contributed by atoms with Gasteiger partial charge in [-0.05, 0) is 75.0 Å². The zero-order valence-electron chi connectivity index (χ0n) is 24.4. The van der Waals surface area contributed by atoms with Crippen LogP contribution in [0.15, 0.2) is 49.6 Å². The first-order chi connectivity index (χ1) is 19.7. The van der Waals surface area contributed by atoms with Crippen molar-refractivity contribution in [1.29, 1.82) is 0 Å². The number of amides is 3. The predicted octanol–water partition coefficient (Wildman–Crippen LogP) is 5.22. The molecular weight excluding hydrogens is 520 g/mol. The summed E-state index contributed by atoms with van der Waals surface area (Å²) in [5.41, 5.74) is 0.311. The SMILES string of the molecule is C=CC1CC(/C=C\C2CC(C=C)C(COC(=O)NCCOC(=O)C(=C)C)C2)C(CN2C(=O)C3CCCCC3C2=O)C1. The minimum Gasteiger partial charge on any atom is -0.460 e. The molecule has 8 unspecified atom stereocenters. The van der Waals surface area contributed by atoms with E-state index in [-0.39, 0.29) is 54.6 Å². The number of fused-ring (bicyclic) bond motifs is 1. The lowest BCUT2D eigenvalue weighted by Gasteiger charge is -2.23. The fourth-order valence-corrected chi connectivity index (χ4v) is 7.28. The molecule has 41 heavy (non-hydrogen) atoms. The molecule has 224 valence electrons. The van der Waals surface area contributed by atoms with Crippen LogP contribution in [-0.2, 0) is 23.9 Å². The first kappa shape index (κ1) is 30.8. The number of hydrogen-bond acceptors (Lipinski definition) is 6. The molecule has 8 heteroatoms. The molecule has 1 aliphatic heterocycles. The van der Waals surface area contributed by atoms with Gasteiger partial charge < -0.3 is 14.8 Å². The van der Waals surface area contributed by atoms with E-state index in [1.807, 2.05) is 12.2 Å². The van der Waals surface area contributed by atoms with E-state index in [1.54, 1.807) is 11.8 Å². The monoisotopic (exact) mass is 566 g/mol. The number of likely N-dealkylation sites (tertiary alicyclic amines) is 1. The number of rotatable bonds is 12. The van der Waals surface area contributed by atoms with Crippen molar-refractivity contribution in [2.24, 2.45) is 47.3 Å². The molecule has 0 radical (unpaired) electrons. The molecular formula is C33H46N2O6. The molecule has 3 aliphatic carbocycles. The molecule has 3 amide bonds. The highest BCUT2D eigenvalue weighted by Crippen LogP contribution is 2.44. The second-order valence-electron chi connectivity index (χ2n) is 12.4. The van der Waals surface area contributed by atoms with Crippen LogP contribution in [0.5, 0.6) is 0 Å². The van der Waals surface area contributed by atoms with Gasteiger partial charge in [0.05, 0.1) is 25.0 Å². The second-order valence-corrected chi connectivity index (χ2v) is 12.4. The number of allylic oxidation sites excluding steroid dienone is 4. The molecule has 1 N–H and O–H groups in total. The zero-order valence-corrected chi connectivity index (χ0v) is 24.4. The van der Waals surface area contributed by atoms with E-state index in [4.69, 9.17) is 9.47 Å². The fraction of sp³-hybridized carbons (Fsp3) is 0.636. The number of nitrogens with one attached hydrogen (secondary N) is 1. The van der Waals surface area contributed by atoms with Crippen molar-refractivity contribution in [1.82, 2.24) is 10.2 Å². The van der Waals surface area contributed by atoms with E-state index in [2.05, 4.69) is 37.2 Å². The van der Waals surface area contributed by atoms with E-state index < -0.39 is 12.1 Å². The Kier molecular flexibility index (Phi) is 10.6. The molecule has 1 heterocycles. The van der Waals surface area contributed by atoms with Crippen LogP contribution < -0.4 is 5.32 Å². The van der Waals surface area contributed by atoms with Crippen LogP contribution in [0.2, 0.25) is 0 Å². The van der Waals surface area contributed by atoms with Gasteiger partial charge in [0.2, 0.25) is 11.8 Å². The summed E-state index contributed by atoms with van der Waals surface area (Å²) in [7, 11) is 0. The number of nitrogens with zero attached hydrogens (tertiary/aromatic N) is 1. The maximum Gasteiger partial charge on any atom is 0.407 e. The highest BCUT2D eigenvalue weighted by molar-refractivity contribution is 6.05. The van der Waals surface area contributed by atoms with E-state index in [1.165, 1.54) is 0 Å². The number of esters is 1. The zero-order chi connectivity index (χ0) is 29.5. The summed E-state index contributed by atoms with van der Waals surface area (Å²) in [6.07, 6.45) is 15.6. The lowest BCUT2D eigenvalue weighted by Crippen LogP contribution is -2.36. The van der Waals surface area contributed by atoms with Gasteiger partial charge in [0.1, 0.15) is 6.61 Å². The van der Waals surface area contributed by atoms with Gasteiger partial charge >= 0.3 is 12.1 Å². The minimum absolute atomic E-state index is 0.0499. The van der Waals surface area contributed by atoms with Gasteiger partial charge in [-0.15, -0.1) is 13.2 Å². The molecule has 0 aromatic heterocycles. The number of ether oxygens (including phenoxy) is 2. The van der Waals surface area contributed by atoms with E-state index >= 15 is 0 Å². The van der Waals surface area contributed by atoms with E-state index in [0.717, 1.165) is 51.4 Å². The van der Waals surface area contributed by atoms with Crippen molar-refractivity contribution in [3.05, 3.63) is 49.6 Å². The standard InChI is InChI=1S/C33H46N2O6/c1-5-22-15-25(26(16-22)19-35-30(36)28-9-7-8-10-29(28)31(35)37)12-11-23-17-24(6-2)27(18-23)20-41-33(39)34-13-14-40-32(38)21(3)4/h5-6,11-12,22-29H,1-3,7-10,13-20H2,4H3,(H,34,39)/b12-11-. The average Bonchev–Trinajstić information content (AvgIpc) is 3.63. The summed E-state index contributed by atoms with van der Waals surface area (Å²) in [6.45, 7) is 14.1. The highest BCUT2D eigenvalue weighted by Gasteiger charge is 2.49. The van der Waals surface area contributed by atoms with Crippen LogP contribution in [0.25, 0.3) is 0 Å². The highest BCUT2D eigenvalue weighted by atomic mass is 16.6. The number of carbonyl (C=O) groups excluding carboxylic acids is 4. The van der Waals surface area contributed by atoms with Gasteiger partial charge in [-0.2, -0.15) is 0 Å². The largest absolute Gasteiger partial charge is 0.460 e. The maximum atomic E-state index is 13.1. The summed E-state index contributed by atoms with van der Waals surface area (Å²) < 4.78 is 10.4. The predicted molar refractivity (Wildman–Crippen MR) is 156 cm³/mol. The molecule has 8 nitrogen and oxygen atoms in total. The van der Waals surface area contributed by atoms with Gasteiger partial charge in [0.25, 0.3) is 0 Å². The van der Waals surface area contributed by atoms with Crippen LogP contribution in [0.3, 0.4) is 0 Å². The van der Waals surface area contributed by atoms with Crippen LogP contribution >= 0.6 is 0 Å². The molecule has 0 spiro atoms. The Balaban J connectivity index is 1.27. The Hall–Kier alpha value is -3.16. The topological polar surface area (TPSA) is 102 Å². The summed E-state index contributed by atoms with van der Waals surface area (Å²) >= 11 is 0. The van der Waals surface area contributed by atoms with Gasteiger partial charge in [0, 0.05) is 18.0 Å². The molecule has 4 aliphatic rings. The lowest BCUT2D eigenvalue weighted by atomic mass is 9.81. The number of alkyl carbamates (subject to hydrolysis) is 1. The normalized spacial score (nSPS) is 33.0. The Morgan fingerprint density at radius 1 is 0.902 bits per heavy atom. The number of carbonyl (C=O) groups is 4. The molecule has 0 aromatic carbocycles. The summed E-state index contributed by atoms with van der Waals surface area (Å²) in [4.78, 5) is 51.3. The molecule has 4 fully saturated rings. The summed E-state index contributed by atoms with van der Waals surface area (Å²) in [5, 5.41) is 2.61. The number of imide groups is 1. The van der Waals surface area contributed by atoms with Gasteiger partial charge in [-0.3, -0.25) is 14.5 Å². The van der Waals surface area contributed by atoms with E-state index in [0.29, 0.717) is 36.5 Å². The smallest absolute Gasteiger partial charge is 0.407 e. The Morgan fingerprint density at radius 2 is 1.56 bits per heavy atom. The third-order valence-corrected chi connectivity index (χ3v) is 9.57. The minimum atomic E-state index is -0.534. The number of hydrogen-bond donors (Lipinski definition) is 1. The molecule has 8 atom stereocenters. The molecule has 0 aromatic rings. The molecule has 0 bridgehead atoms. The van der Waals surface area contributed by atoms with Crippen molar-refractivity contribution in [3.63, 3.8) is 0 Å². The quantitative estimate of drug-likeness (QED) is 0.114.